The molecule has 0 aliphatic heterocycles. The highest BCUT2D eigenvalue weighted by molar-refractivity contribution is 5.17. The molecule has 0 aliphatic rings. The molecule has 0 aromatic heterocycles. The van der Waals surface area contributed by atoms with Crippen molar-refractivity contribution in [1.29, 1.82) is 0 Å². The maximum atomic E-state index is 9.84. The maximum absolute atomic E-state index is 9.84. The van der Waals surface area contributed by atoms with Gasteiger partial charge in [-0.05, 0) is 17.9 Å². The Hall–Kier alpha value is -0.860. The smallest absolute Gasteiger partial charge is 0.102 e. The minimum Gasteiger partial charge on any atom is -0.386 e. The van der Waals surface area contributed by atoms with Gasteiger partial charge in [-0.1, -0.05) is 50.6 Å². The molecular weight excluding hydrogens is 200 g/mol. The van der Waals surface area contributed by atoms with Crippen molar-refractivity contribution in [2.24, 2.45) is 5.92 Å². The molecule has 0 radical (unpaired) electrons. The predicted octanol–water partition coefficient (Wildman–Crippen LogP) is 3.17. The average Bonchev–Trinajstić information content (AvgIpc) is 2.30. The SMILES string of the molecule is CCCC(C)COCC(O)c1ccccc1. The van der Waals surface area contributed by atoms with Crippen molar-refractivity contribution in [3.63, 3.8) is 0 Å². The van der Waals surface area contributed by atoms with Crippen LogP contribution in [0.5, 0.6) is 0 Å². The zero-order valence-electron chi connectivity index (χ0n) is 10.2. The lowest BCUT2D eigenvalue weighted by Gasteiger charge is -2.14. The fraction of sp³-hybridized carbons (Fsp3) is 0.571. The molecule has 1 N–H and O–H groups in total. The Kier molecular flexibility index (Phi) is 6.12. The van der Waals surface area contributed by atoms with Gasteiger partial charge in [0.25, 0.3) is 0 Å². The van der Waals surface area contributed by atoms with E-state index in [1.54, 1.807) is 0 Å². The van der Waals surface area contributed by atoms with Crippen molar-refractivity contribution in [3.05, 3.63) is 35.9 Å². The predicted molar refractivity (Wildman–Crippen MR) is 66.3 cm³/mol. The number of hydrogen-bond donors (Lipinski definition) is 1. The molecule has 0 aliphatic carbocycles. The molecule has 2 nitrogen and oxygen atoms in total. The van der Waals surface area contributed by atoms with E-state index in [0.29, 0.717) is 12.5 Å². The van der Waals surface area contributed by atoms with Gasteiger partial charge in [0.1, 0.15) is 6.10 Å². The van der Waals surface area contributed by atoms with Crippen LogP contribution in [0.15, 0.2) is 30.3 Å². The molecular formula is C14H22O2. The van der Waals surface area contributed by atoms with E-state index < -0.39 is 6.10 Å². The Bertz CT molecular complexity index is 271. The van der Waals surface area contributed by atoms with Crippen LogP contribution in [0.25, 0.3) is 0 Å². The third kappa shape index (κ3) is 4.77. The van der Waals surface area contributed by atoms with Gasteiger partial charge < -0.3 is 9.84 Å². The molecule has 1 aromatic carbocycles. The van der Waals surface area contributed by atoms with E-state index in [-0.39, 0.29) is 0 Å². The average molecular weight is 222 g/mol. The first-order chi connectivity index (χ1) is 7.74. The van der Waals surface area contributed by atoms with Crippen LogP contribution in [0, 0.1) is 5.92 Å². The lowest BCUT2D eigenvalue weighted by molar-refractivity contribution is 0.0215. The molecule has 0 bridgehead atoms. The first-order valence-electron chi connectivity index (χ1n) is 6.04. The second-order valence-electron chi connectivity index (χ2n) is 4.36. The van der Waals surface area contributed by atoms with Crippen molar-refractivity contribution in [1.82, 2.24) is 0 Å². The minimum atomic E-state index is -0.505. The van der Waals surface area contributed by atoms with Crippen molar-refractivity contribution in [2.75, 3.05) is 13.2 Å². The quantitative estimate of drug-likeness (QED) is 0.767. The fourth-order valence-electron chi connectivity index (χ4n) is 1.73. The summed E-state index contributed by atoms with van der Waals surface area (Å²) in [5.74, 6) is 0.577. The van der Waals surface area contributed by atoms with Gasteiger partial charge in [-0.15, -0.1) is 0 Å². The van der Waals surface area contributed by atoms with Crippen LogP contribution >= 0.6 is 0 Å². The van der Waals surface area contributed by atoms with Crippen molar-refractivity contribution in [2.45, 2.75) is 32.8 Å². The third-order valence-electron chi connectivity index (χ3n) is 2.64. The van der Waals surface area contributed by atoms with Crippen molar-refractivity contribution in [3.8, 4) is 0 Å². The van der Waals surface area contributed by atoms with Crippen LogP contribution in [-0.4, -0.2) is 18.3 Å². The van der Waals surface area contributed by atoms with Gasteiger partial charge in [0.15, 0.2) is 0 Å². The molecule has 0 saturated carbocycles. The molecule has 2 heteroatoms. The molecule has 0 spiro atoms. The van der Waals surface area contributed by atoms with Crippen LogP contribution < -0.4 is 0 Å². The summed E-state index contributed by atoms with van der Waals surface area (Å²) < 4.78 is 5.51. The van der Waals surface area contributed by atoms with Gasteiger partial charge in [0.2, 0.25) is 0 Å². The van der Waals surface area contributed by atoms with Gasteiger partial charge in [0, 0.05) is 6.61 Å². The highest BCUT2D eigenvalue weighted by atomic mass is 16.5. The molecule has 0 saturated heterocycles. The second-order valence-corrected chi connectivity index (χ2v) is 4.36. The highest BCUT2D eigenvalue weighted by Gasteiger charge is 2.08. The van der Waals surface area contributed by atoms with Gasteiger partial charge in [0.05, 0.1) is 6.61 Å². The normalized spacial score (nSPS) is 14.7. The number of hydrogen-bond acceptors (Lipinski definition) is 2. The first-order valence-corrected chi connectivity index (χ1v) is 6.04. The summed E-state index contributed by atoms with van der Waals surface area (Å²) in [6, 6.07) is 9.64. The van der Waals surface area contributed by atoms with E-state index in [0.717, 1.165) is 12.2 Å². The number of benzene rings is 1. The number of aliphatic hydroxyl groups excluding tert-OH is 1. The number of aliphatic hydroxyl groups is 1. The highest BCUT2D eigenvalue weighted by Crippen LogP contribution is 2.13. The Labute approximate surface area is 98.3 Å². The Morgan fingerprint density at radius 3 is 2.50 bits per heavy atom. The van der Waals surface area contributed by atoms with Crippen LogP contribution in [0.3, 0.4) is 0 Å². The van der Waals surface area contributed by atoms with E-state index in [2.05, 4.69) is 13.8 Å². The first kappa shape index (κ1) is 13.2. The van der Waals surface area contributed by atoms with Gasteiger partial charge >= 0.3 is 0 Å². The number of rotatable bonds is 7. The van der Waals surface area contributed by atoms with Crippen molar-refractivity contribution >= 4 is 0 Å². The minimum absolute atomic E-state index is 0.387. The van der Waals surface area contributed by atoms with Gasteiger partial charge in [-0.2, -0.15) is 0 Å². The van der Waals surface area contributed by atoms with Crippen LogP contribution in [0.4, 0.5) is 0 Å². The molecule has 16 heavy (non-hydrogen) atoms. The van der Waals surface area contributed by atoms with E-state index in [9.17, 15) is 5.11 Å². The molecule has 0 heterocycles. The second kappa shape index (κ2) is 7.42. The van der Waals surface area contributed by atoms with E-state index in [1.807, 2.05) is 30.3 Å². The van der Waals surface area contributed by atoms with Crippen LogP contribution in [0.2, 0.25) is 0 Å². The summed E-state index contributed by atoms with van der Waals surface area (Å²) in [7, 11) is 0. The molecule has 2 unspecified atom stereocenters. The third-order valence-corrected chi connectivity index (χ3v) is 2.64. The maximum Gasteiger partial charge on any atom is 0.102 e. The lowest BCUT2D eigenvalue weighted by Crippen LogP contribution is -2.12. The standard InChI is InChI=1S/C14H22O2/c1-3-7-12(2)10-16-11-14(15)13-8-5-4-6-9-13/h4-6,8-9,12,14-15H,3,7,10-11H2,1-2H3. The van der Waals surface area contributed by atoms with E-state index >= 15 is 0 Å². The number of ether oxygens (including phenoxy) is 1. The van der Waals surface area contributed by atoms with Crippen molar-refractivity contribution < 1.29 is 9.84 Å². The lowest BCUT2D eigenvalue weighted by atomic mass is 10.1. The molecule has 2 atom stereocenters. The van der Waals surface area contributed by atoms with Crippen LogP contribution in [0.1, 0.15) is 38.4 Å². The fourth-order valence-corrected chi connectivity index (χ4v) is 1.73. The van der Waals surface area contributed by atoms with Gasteiger partial charge in [-0.3, -0.25) is 0 Å². The van der Waals surface area contributed by atoms with Crippen LogP contribution in [-0.2, 0) is 4.74 Å². The largest absolute Gasteiger partial charge is 0.386 e. The topological polar surface area (TPSA) is 29.5 Å². The zero-order chi connectivity index (χ0) is 11.8. The molecule has 1 rings (SSSR count). The summed E-state index contributed by atoms with van der Waals surface area (Å²) in [6.45, 7) is 5.48. The Balaban J connectivity index is 2.23. The summed E-state index contributed by atoms with van der Waals surface area (Å²) in [5.41, 5.74) is 0.922. The summed E-state index contributed by atoms with van der Waals surface area (Å²) in [4.78, 5) is 0. The molecule has 90 valence electrons. The molecule has 0 fully saturated rings. The van der Waals surface area contributed by atoms with E-state index in [1.165, 1.54) is 12.8 Å². The molecule has 0 amide bonds. The zero-order valence-corrected chi connectivity index (χ0v) is 10.2. The van der Waals surface area contributed by atoms with Gasteiger partial charge in [-0.25, -0.2) is 0 Å². The Morgan fingerprint density at radius 2 is 1.88 bits per heavy atom. The molecule has 1 aromatic rings. The summed E-state index contributed by atoms with van der Waals surface area (Å²) in [5, 5.41) is 9.84. The summed E-state index contributed by atoms with van der Waals surface area (Å²) in [6.07, 6.45) is 1.86. The Morgan fingerprint density at radius 1 is 1.19 bits per heavy atom. The summed E-state index contributed by atoms with van der Waals surface area (Å²) >= 11 is 0. The van der Waals surface area contributed by atoms with E-state index in [4.69, 9.17) is 4.74 Å². The monoisotopic (exact) mass is 222 g/mol.